The molecule has 156 valence electrons. The van der Waals surface area contributed by atoms with Crippen LogP contribution < -0.4 is 10.6 Å². The molecule has 30 heavy (non-hydrogen) atoms. The maximum absolute atomic E-state index is 12.8. The van der Waals surface area contributed by atoms with Crippen LogP contribution >= 0.6 is 11.3 Å². The van der Waals surface area contributed by atoms with Gasteiger partial charge >= 0.3 is 12.0 Å². The molecule has 0 fully saturated rings. The predicted octanol–water partition coefficient (Wildman–Crippen LogP) is 5.09. The van der Waals surface area contributed by atoms with E-state index in [1.165, 1.54) is 36.0 Å². The van der Waals surface area contributed by atoms with Gasteiger partial charge in [0.15, 0.2) is 0 Å². The van der Waals surface area contributed by atoms with Crippen molar-refractivity contribution in [2.45, 2.75) is 38.6 Å². The van der Waals surface area contributed by atoms with Crippen LogP contribution in [-0.2, 0) is 17.6 Å². The molecule has 1 aliphatic carbocycles. The molecule has 0 saturated carbocycles. The first-order chi connectivity index (χ1) is 14.6. The quantitative estimate of drug-likeness (QED) is 0.562. The summed E-state index contributed by atoms with van der Waals surface area (Å²) in [7, 11) is 1.32. The fourth-order valence-electron chi connectivity index (χ4n) is 3.99. The predicted molar refractivity (Wildman–Crippen MR) is 119 cm³/mol. The normalized spacial score (nSPS) is 13.9. The minimum absolute atomic E-state index is 0.175. The van der Waals surface area contributed by atoms with Gasteiger partial charge in [0.2, 0.25) is 0 Å². The van der Waals surface area contributed by atoms with E-state index in [0.717, 1.165) is 17.8 Å². The second-order valence-electron chi connectivity index (χ2n) is 7.38. The zero-order valence-corrected chi connectivity index (χ0v) is 17.9. The van der Waals surface area contributed by atoms with Gasteiger partial charge in [-0.25, -0.2) is 9.59 Å². The van der Waals surface area contributed by atoms with Crippen molar-refractivity contribution in [1.29, 1.82) is 0 Å². The number of benzene rings is 1. The summed E-state index contributed by atoms with van der Waals surface area (Å²) in [5, 5.41) is 7.02. The maximum atomic E-state index is 12.8. The molecule has 0 spiro atoms. The maximum Gasteiger partial charge on any atom is 0.339 e. The molecule has 7 heteroatoms. The number of urea groups is 1. The molecule has 0 aliphatic heterocycles. The Morgan fingerprint density at radius 3 is 2.60 bits per heavy atom. The number of carbonyl (C=O) groups excluding carboxylic acids is 2. The van der Waals surface area contributed by atoms with Crippen LogP contribution in [0.4, 0.5) is 10.5 Å². The molecular formula is C23H25N3O3S. The van der Waals surface area contributed by atoms with Gasteiger partial charge in [-0.2, -0.15) is 0 Å². The van der Waals surface area contributed by atoms with Crippen LogP contribution in [0.3, 0.4) is 0 Å². The van der Waals surface area contributed by atoms with Crippen molar-refractivity contribution in [3.8, 4) is 5.00 Å². The van der Waals surface area contributed by atoms with Gasteiger partial charge in [0, 0.05) is 22.8 Å². The van der Waals surface area contributed by atoms with Crippen LogP contribution in [0.25, 0.3) is 5.00 Å². The molecule has 4 rings (SSSR count). The number of hydrogen-bond acceptors (Lipinski definition) is 4. The number of methoxy groups -OCH3 is 1. The summed E-state index contributed by atoms with van der Waals surface area (Å²) in [4.78, 5) is 26.2. The zero-order valence-electron chi connectivity index (χ0n) is 17.1. The fraction of sp³-hybridized carbons (Fsp3) is 0.304. The highest BCUT2D eigenvalue weighted by molar-refractivity contribution is 7.15. The lowest BCUT2D eigenvalue weighted by atomic mass is 9.93. The van der Waals surface area contributed by atoms with Gasteiger partial charge in [-0.15, -0.1) is 11.3 Å². The molecule has 2 heterocycles. The molecule has 0 bridgehead atoms. The van der Waals surface area contributed by atoms with Gasteiger partial charge in [0.25, 0.3) is 0 Å². The van der Waals surface area contributed by atoms with E-state index in [-0.39, 0.29) is 12.1 Å². The van der Waals surface area contributed by atoms with Crippen LogP contribution in [0.2, 0.25) is 0 Å². The van der Waals surface area contributed by atoms with Crippen LogP contribution in [0, 0.1) is 0 Å². The van der Waals surface area contributed by atoms with Crippen molar-refractivity contribution < 1.29 is 14.3 Å². The standard InChI is InChI=1S/C23H25N3O3S/c1-15(24-23(28)25-18-11-5-3-9-16(18)22(27)29-2)20-17-10-4-6-12-19(17)30-21(20)26-13-7-8-14-26/h3,5,7-9,11,13-15H,4,6,10,12H2,1-2H3,(H2,24,25,28)/t15-/m0/s1. The summed E-state index contributed by atoms with van der Waals surface area (Å²) in [6, 6.07) is 10.3. The Balaban J connectivity index is 1.58. The monoisotopic (exact) mass is 423 g/mol. The number of anilines is 1. The number of carbonyl (C=O) groups is 2. The van der Waals surface area contributed by atoms with Gasteiger partial charge in [0.1, 0.15) is 5.00 Å². The molecule has 1 atom stereocenters. The van der Waals surface area contributed by atoms with Crippen molar-refractivity contribution in [3.63, 3.8) is 0 Å². The Bertz CT molecular complexity index is 1060. The first-order valence-electron chi connectivity index (χ1n) is 10.1. The SMILES string of the molecule is COC(=O)c1ccccc1NC(=O)N[C@@H](C)c1c(-n2cccc2)sc2c1CCCC2. The lowest BCUT2D eigenvalue weighted by molar-refractivity contribution is 0.0602. The smallest absolute Gasteiger partial charge is 0.339 e. The molecular weight excluding hydrogens is 398 g/mol. The summed E-state index contributed by atoms with van der Waals surface area (Å²) >= 11 is 1.82. The third kappa shape index (κ3) is 3.98. The minimum Gasteiger partial charge on any atom is -0.465 e. The second-order valence-corrected chi connectivity index (χ2v) is 8.46. The number of para-hydroxylation sites is 1. The third-order valence-corrected chi connectivity index (χ3v) is 6.71. The number of amides is 2. The van der Waals surface area contributed by atoms with E-state index in [0.29, 0.717) is 11.3 Å². The van der Waals surface area contributed by atoms with E-state index in [1.54, 1.807) is 24.3 Å². The van der Waals surface area contributed by atoms with Crippen molar-refractivity contribution >= 4 is 29.0 Å². The zero-order chi connectivity index (χ0) is 21.1. The molecule has 2 amide bonds. The number of hydrogen-bond donors (Lipinski definition) is 2. The summed E-state index contributed by atoms with van der Waals surface area (Å²) < 4.78 is 6.93. The summed E-state index contributed by atoms with van der Waals surface area (Å²) in [5.41, 5.74) is 3.30. The van der Waals surface area contributed by atoms with Gasteiger partial charge in [-0.1, -0.05) is 12.1 Å². The molecule has 0 radical (unpaired) electrons. The van der Waals surface area contributed by atoms with Gasteiger partial charge in [-0.05, 0) is 62.4 Å². The van der Waals surface area contributed by atoms with Gasteiger partial charge < -0.3 is 19.9 Å². The highest BCUT2D eigenvalue weighted by atomic mass is 32.1. The first kappa shape index (κ1) is 20.2. The van der Waals surface area contributed by atoms with Crippen molar-refractivity contribution in [2.75, 3.05) is 12.4 Å². The van der Waals surface area contributed by atoms with E-state index in [2.05, 4.69) is 15.2 Å². The molecule has 0 saturated heterocycles. The van der Waals surface area contributed by atoms with Gasteiger partial charge in [-0.3, -0.25) is 0 Å². The van der Waals surface area contributed by atoms with Crippen molar-refractivity contribution in [2.24, 2.45) is 0 Å². The summed E-state index contributed by atoms with van der Waals surface area (Å²) in [6.45, 7) is 2.01. The Morgan fingerprint density at radius 1 is 1.10 bits per heavy atom. The molecule has 1 aromatic carbocycles. The number of aryl methyl sites for hydroxylation is 1. The number of nitrogens with zero attached hydrogens (tertiary/aromatic N) is 1. The number of aromatic nitrogens is 1. The van der Waals surface area contributed by atoms with E-state index in [9.17, 15) is 9.59 Å². The van der Waals surface area contributed by atoms with E-state index < -0.39 is 5.97 Å². The fourth-order valence-corrected chi connectivity index (χ4v) is 5.44. The lowest BCUT2D eigenvalue weighted by Gasteiger charge is -2.20. The van der Waals surface area contributed by atoms with E-state index >= 15 is 0 Å². The number of ether oxygens (including phenoxy) is 1. The average molecular weight is 424 g/mol. The van der Waals surface area contributed by atoms with Crippen LogP contribution in [0.15, 0.2) is 48.8 Å². The Labute approximate surface area is 179 Å². The lowest BCUT2D eigenvalue weighted by Crippen LogP contribution is -2.32. The van der Waals surface area contributed by atoms with Crippen LogP contribution in [0.5, 0.6) is 0 Å². The van der Waals surface area contributed by atoms with Crippen LogP contribution in [-0.4, -0.2) is 23.7 Å². The number of fused-ring (bicyclic) bond motifs is 1. The number of nitrogens with one attached hydrogen (secondary N) is 2. The molecule has 0 unspecified atom stereocenters. The minimum atomic E-state index is -0.485. The number of rotatable bonds is 5. The Kier molecular flexibility index (Phi) is 5.90. The number of thiophene rings is 1. The Morgan fingerprint density at radius 2 is 1.83 bits per heavy atom. The molecule has 1 aliphatic rings. The Hall–Kier alpha value is -3.06. The second kappa shape index (κ2) is 8.75. The summed E-state index contributed by atoms with van der Waals surface area (Å²) in [6.07, 6.45) is 8.61. The average Bonchev–Trinajstić information content (AvgIpc) is 3.41. The van der Waals surface area contributed by atoms with Crippen molar-refractivity contribution in [1.82, 2.24) is 9.88 Å². The topological polar surface area (TPSA) is 72.4 Å². The first-order valence-corrected chi connectivity index (χ1v) is 10.9. The number of esters is 1. The molecule has 6 nitrogen and oxygen atoms in total. The molecule has 2 N–H and O–H groups in total. The van der Waals surface area contributed by atoms with E-state index in [1.807, 2.05) is 42.8 Å². The van der Waals surface area contributed by atoms with Crippen LogP contribution in [0.1, 0.15) is 52.2 Å². The summed E-state index contributed by atoms with van der Waals surface area (Å²) in [5.74, 6) is -0.485. The molecule has 2 aromatic heterocycles. The third-order valence-electron chi connectivity index (χ3n) is 5.39. The molecule has 3 aromatic rings. The largest absolute Gasteiger partial charge is 0.465 e. The highest BCUT2D eigenvalue weighted by Gasteiger charge is 2.26. The highest BCUT2D eigenvalue weighted by Crippen LogP contribution is 2.40. The van der Waals surface area contributed by atoms with Crippen molar-refractivity contribution in [3.05, 3.63) is 70.4 Å². The van der Waals surface area contributed by atoms with Gasteiger partial charge in [0.05, 0.1) is 24.4 Å². The van der Waals surface area contributed by atoms with E-state index in [4.69, 9.17) is 4.74 Å².